The summed E-state index contributed by atoms with van der Waals surface area (Å²) in [5.74, 6) is 0.214. The first kappa shape index (κ1) is 15.0. The van der Waals surface area contributed by atoms with Crippen molar-refractivity contribution in [3.63, 3.8) is 0 Å². The molecule has 0 N–H and O–H groups in total. The fraction of sp³-hybridized carbons (Fsp3) is 0.250. The van der Waals surface area contributed by atoms with Gasteiger partial charge in [0.25, 0.3) is 0 Å². The van der Waals surface area contributed by atoms with Gasteiger partial charge in [-0.15, -0.1) is 11.6 Å². The largest absolute Gasteiger partial charge is 0.119 e. The monoisotopic (exact) mass is 276 g/mol. The molecule has 0 saturated heterocycles. The summed E-state index contributed by atoms with van der Waals surface area (Å²) in [6, 6.07) is 20.9. The molecule has 0 aliphatic rings. The van der Waals surface area contributed by atoms with E-state index in [2.05, 4.69) is 62.4 Å². The minimum atomic E-state index is -0.303. The van der Waals surface area contributed by atoms with E-state index in [9.17, 15) is 0 Å². The second-order valence-electron chi connectivity index (χ2n) is 4.82. The molecule has 2 rings (SSSR count). The standard InChI is InChI=1S/C16H17Cl.H4Si/c1-16(2,17)15(13-9-5-3-6-10-13)14-11-7-4-8-12-14;/h3-12,15H,1-2H3;1H4. The summed E-state index contributed by atoms with van der Waals surface area (Å²) in [7, 11) is 0. The van der Waals surface area contributed by atoms with Crippen LogP contribution in [0, 0.1) is 0 Å². The van der Waals surface area contributed by atoms with Crippen LogP contribution in [0.25, 0.3) is 0 Å². The van der Waals surface area contributed by atoms with Crippen molar-refractivity contribution < 1.29 is 0 Å². The van der Waals surface area contributed by atoms with Gasteiger partial charge in [-0.05, 0) is 35.9 Å². The molecule has 0 nitrogen and oxygen atoms in total. The van der Waals surface area contributed by atoms with Crippen LogP contribution in [0.2, 0.25) is 0 Å². The first-order valence-electron chi connectivity index (χ1n) is 5.88. The minimum Gasteiger partial charge on any atom is -0.119 e. The Labute approximate surface area is 119 Å². The Morgan fingerprint density at radius 1 is 0.778 bits per heavy atom. The molecular weight excluding hydrogens is 256 g/mol. The molecule has 0 aromatic heterocycles. The summed E-state index contributed by atoms with van der Waals surface area (Å²) in [5, 5.41) is 0. The average molecular weight is 277 g/mol. The smallest absolute Gasteiger partial charge is 0.0499 e. The molecule has 18 heavy (non-hydrogen) atoms. The Bertz CT molecular complexity index is 420. The highest BCUT2D eigenvalue weighted by Gasteiger charge is 2.29. The van der Waals surface area contributed by atoms with Gasteiger partial charge in [-0.1, -0.05) is 60.7 Å². The van der Waals surface area contributed by atoms with Gasteiger partial charge in [0.15, 0.2) is 0 Å². The highest BCUT2D eigenvalue weighted by molar-refractivity contribution is 6.24. The van der Waals surface area contributed by atoms with E-state index in [-0.39, 0.29) is 21.8 Å². The summed E-state index contributed by atoms with van der Waals surface area (Å²) in [6.45, 7) is 4.14. The Morgan fingerprint density at radius 3 is 1.39 bits per heavy atom. The van der Waals surface area contributed by atoms with Crippen molar-refractivity contribution in [2.24, 2.45) is 0 Å². The Morgan fingerprint density at radius 2 is 1.11 bits per heavy atom. The van der Waals surface area contributed by atoms with Gasteiger partial charge in [-0.3, -0.25) is 0 Å². The van der Waals surface area contributed by atoms with Gasteiger partial charge in [0.05, 0.1) is 0 Å². The van der Waals surface area contributed by atoms with E-state index in [0.717, 1.165) is 0 Å². The van der Waals surface area contributed by atoms with Gasteiger partial charge in [-0.25, -0.2) is 0 Å². The molecule has 0 spiro atoms. The van der Waals surface area contributed by atoms with Gasteiger partial charge in [0, 0.05) is 10.8 Å². The molecule has 0 fully saturated rings. The number of benzene rings is 2. The van der Waals surface area contributed by atoms with Gasteiger partial charge in [0.1, 0.15) is 0 Å². The molecule has 2 aromatic rings. The van der Waals surface area contributed by atoms with Crippen molar-refractivity contribution in [3.05, 3.63) is 71.8 Å². The third-order valence-corrected chi connectivity index (χ3v) is 3.17. The Balaban J connectivity index is 0.00000162. The van der Waals surface area contributed by atoms with E-state index in [1.807, 2.05) is 12.1 Å². The molecule has 0 bridgehead atoms. The van der Waals surface area contributed by atoms with Crippen molar-refractivity contribution in [3.8, 4) is 0 Å². The fourth-order valence-electron chi connectivity index (χ4n) is 2.28. The zero-order chi connectivity index (χ0) is 12.3. The van der Waals surface area contributed by atoms with E-state index in [0.29, 0.717) is 0 Å². The molecule has 0 heterocycles. The quantitative estimate of drug-likeness (QED) is 0.596. The van der Waals surface area contributed by atoms with E-state index < -0.39 is 0 Å². The van der Waals surface area contributed by atoms with Crippen molar-refractivity contribution >= 4 is 22.6 Å². The third kappa shape index (κ3) is 3.47. The molecule has 0 aliphatic heterocycles. The first-order valence-corrected chi connectivity index (χ1v) is 6.25. The summed E-state index contributed by atoms with van der Waals surface area (Å²) in [6.07, 6.45) is 0. The maximum absolute atomic E-state index is 6.57. The summed E-state index contributed by atoms with van der Waals surface area (Å²) in [4.78, 5) is -0.303. The van der Waals surface area contributed by atoms with Crippen LogP contribution in [0.1, 0.15) is 30.9 Å². The maximum atomic E-state index is 6.57. The minimum absolute atomic E-state index is 0. The SMILES string of the molecule is CC(C)(Cl)C(c1ccccc1)c1ccccc1.[SiH4]. The van der Waals surface area contributed by atoms with Crippen LogP contribution in [0.3, 0.4) is 0 Å². The van der Waals surface area contributed by atoms with Crippen LogP contribution < -0.4 is 0 Å². The molecule has 0 unspecified atom stereocenters. The summed E-state index contributed by atoms with van der Waals surface area (Å²) < 4.78 is 0. The van der Waals surface area contributed by atoms with Gasteiger partial charge in [-0.2, -0.15) is 0 Å². The number of rotatable bonds is 3. The predicted octanol–water partition coefficient (Wildman–Crippen LogP) is 3.38. The van der Waals surface area contributed by atoms with Crippen LogP contribution in [0.4, 0.5) is 0 Å². The number of halogens is 1. The van der Waals surface area contributed by atoms with Gasteiger partial charge in [0.2, 0.25) is 0 Å². The van der Waals surface area contributed by atoms with Crippen LogP contribution in [-0.2, 0) is 0 Å². The van der Waals surface area contributed by atoms with Crippen LogP contribution in [0.5, 0.6) is 0 Å². The lowest BCUT2D eigenvalue weighted by molar-refractivity contribution is 0.605. The molecule has 2 heteroatoms. The van der Waals surface area contributed by atoms with E-state index >= 15 is 0 Å². The van der Waals surface area contributed by atoms with Crippen molar-refractivity contribution in [1.29, 1.82) is 0 Å². The van der Waals surface area contributed by atoms with E-state index in [4.69, 9.17) is 11.6 Å². The second kappa shape index (κ2) is 6.21. The number of hydrogen-bond donors (Lipinski definition) is 0. The topological polar surface area (TPSA) is 0 Å². The van der Waals surface area contributed by atoms with Crippen LogP contribution >= 0.6 is 11.6 Å². The zero-order valence-corrected chi connectivity index (χ0v) is 11.0. The molecular formula is C16H21ClSi. The molecule has 0 aliphatic carbocycles. The zero-order valence-electron chi connectivity index (χ0n) is 10.2. The maximum Gasteiger partial charge on any atom is 0.0499 e. The van der Waals surface area contributed by atoms with E-state index in [1.54, 1.807) is 0 Å². The third-order valence-electron chi connectivity index (χ3n) is 2.95. The lowest BCUT2D eigenvalue weighted by Gasteiger charge is -2.29. The summed E-state index contributed by atoms with van der Waals surface area (Å²) in [5.41, 5.74) is 2.53. The van der Waals surface area contributed by atoms with Crippen LogP contribution in [-0.4, -0.2) is 15.8 Å². The summed E-state index contributed by atoms with van der Waals surface area (Å²) >= 11 is 6.57. The number of alkyl halides is 1. The second-order valence-corrected chi connectivity index (χ2v) is 5.79. The molecule has 2 aromatic carbocycles. The first-order chi connectivity index (χ1) is 8.09. The van der Waals surface area contributed by atoms with Crippen LogP contribution in [0.15, 0.2) is 60.7 Å². The molecule has 0 amide bonds. The fourth-order valence-corrected chi connectivity index (χ4v) is 2.53. The Hall–Kier alpha value is -1.05. The molecule has 0 saturated carbocycles. The average Bonchev–Trinajstić information content (AvgIpc) is 2.30. The lowest BCUT2D eigenvalue weighted by Crippen LogP contribution is -2.23. The van der Waals surface area contributed by atoms with Gasteiger partial charge < -0.3 is 0 Å². The van der Waals surface area contributed by atoms with Gasteiger partial charge >= 0.3 is 0 Å². The highest BCUT2D eigenvalue weighted by atomic mass is 35.5. The van der Waals surface area contributed by atoms with Crippen molar-refractivity contribution in [2.45, 2.75) is 24.6 Å². The lowest BCUT2D eigenvalue weighted by atomic mass is 9.82. The van der Waals surface area contributed by atoms with E-state index in [1.165, 1.54) is 11.1 Å². The molecule has 96 valence electrons. The normalized spacial score (nSPS) is 11.1. The molecule has 0 atom stereocenters. The predicted molar refractivity (Wildman–Crippen MR) is 86.0 cm³/mol. The number of hydrogen-bond acceptors (Lipinski definition) is 0. The Kier molecular flexibility index (Phi) is 5.18. The van der Waals surface area contributed by atoms with Crippen molar-refractivity contribution in [1.82, 2.24) is 0 Å². The van der Waals surface area contributed by atoms with Crippen molar-refractivity contribution in [2.75, 3.05) is 0 Å². The highest BCUT2D eigenvalue weighted by Crippen LogP contribution is 2.38. The molecule has 0 radical (unpaired) electrons.